The highest BCUT2D eigenvalue weighted by molar-refractivity contribution is 6.22. The van der Waals surface area contributed by atoms with Gasteiger partial charge in [0.1, 0.15) is 5.58 Å². The summed E-state index contributed by atoms with van der Waals surface area (Å²) in [6.07, 6.45) is 0. The number of imide groups is 1. The van der Waals surface area contributed by atoms with Gasteiger partial charge in [0, 0.05) is 17.6 Å². The third-order valence-electron chi connectivity index (χ3n) is 4.43. The first-order chi connectivity index (χ1) is 12.9. The molecule has 0 aliphatic carbocycles. The number of para-hydroxylation sites is 1. The Morgan fingerprint density at radius 2 is 1.78 bits per heavy atom. The van der Waals surface area contributed by atoms with E-state index in [4.69, 9.17) is 4.42 Å². The van der Waals surface area contributed by atoms with Crippen LogP contribution in [0.25, 0.3) is 11.0 Å². The van der Waals surface area contributed by atoms with Crippen LogP contribution in [-0.2, 0) is 0 Å². The smallest absolute Gasteiger partial charge is 0.291 e. The second kappa shape index (κ2) is 6.39. The number of hydrogen-bond donors (Lipinski definition) is 1. The zero-order valence-electron chi connectivity index (χ0n) is 15.0. The Kier molecular flexibility index (Phi) is 4.03. The SMILES string of the molecule is CC(C)CN1C(=O)c2ccc(NC(=O)c3cc4ccccc4o3)cc2C1=O. The van der Waals surface area contributed by atoms with Gasteiger partial charge in [0.15, 0.2) is 5.76 Å². The van der Waals surface area contributed by atoms with Crippen molar-refractivity contribution in [1.82, 2.24) is 4.90 Å². The highest BCUT2D eigenvalue weighted by atomic mass is 16.3. The van der Waals surface area contributed by atoms with E-state index in [-0.39, 0.29) is 23.5 Å². The molecule has 1 aliphatic heterocycles. The summed E-state index contributed by atoms with van der Waals surface area (Å²) >= 11 is 0. The van der Waals surface area contributed by atoms with Gasteiger partial charge >= 0.3 is 0 Å². The number of hydrogen-bond acceptors (Lipinski definition) is 4. The number of rotatable bonds is 4. The number of benzene rings is 2. The van der Waals surface area contributed by atoms with Gasteiger partial charge in [0.25, 0.3) is 17.7 Å². The van der Waals surface area contributed by atoms with Gasteiger partial charge in [0.05, 0.1) is 11.1 Å². The van der Waals surface area contributed by atoms with E-state index < -0.39 is 5.91 Å². The molecule has 0 spiro atoms. The molecule has 0 atom stereocenters. The molecule has 6 heteroatoms. The van der Waals surface area contributed by atoms with Gasteiger partial charge in [0.2, 0.25) is 0 Å². The van der Waals surface area contributed by atoms with E-state index in [0.29, 0.717) is 28.9 Å². The third-order valence-corrected chi connectivity index (χ3v) is 4.43. The van der Waals surface area contributed by atoms with Gasteiger partial charge in [-0.25, -0.2) is 0 Å². The van der Waals surface area contributed by atoms with Crippen molar-refractivity contribution in [2.45, 2.75) is 13.8 Å². The topological polar surface area (TPSA) is 79.6 Å². The summed E-state index contributed by atoms with van der Waals surface area (Å²) in [7, 11) is 0. The van der Waals surface area contributed by atoms with Gasteiger partial charge < -0.3 is 9.73 Å². The minimum absolute atomic E-state index is 0.180. The predicted molar refractivity (Wildman–Crippen MR) is 101 cm³/mol. The van der Waals surface area contributed by atoms with E-state index in [9.17, 15) is 14.4 Å². The standard InChI is InChI=1S/C21H18N2O4/c1-12(2)11-23-20(25)15-8-7-14(10-16(15)21(23)26)22-19(24)18-9-13-5-3-4-6-17(13)27-18/h3-10,12H,11H2,1-2H3,(H,22,24). The van der Waals surface area contributed by atoms with Crippen LogP contribution in [0.15, 0.2) is 52.9 Å². The average Bonchev–Trinajstić information content (AvgIpc) is 3.17. The summed E-state index contributed by atoms with van der Waals surface area (Å²) in [4.78, 5) is 38.7. The van der Waals surface area contributed by atoms with Gasteiger partial charge in [-0.15, -0.1) is 0 Å². The molecule has 6 nitrogen and oxygen atoms in total. The number of amides is 3. The summed E-state index contributed by atoms with van der Waals surface area (Å²) in [5, 5.41) is 3.56. The molecule has 0 saturated heterocycles. The minimum Gasteiger partial charge on any atom is -0.451 e. The van der Waals surface area contributed by atoms with Gasteiger partial charge in [-0.05, 0) is 36.2 Å². The van der Waals surface area contributed by atoms with Gasteiger partial charge in [-0.1, -0.05) is 32.0 Å². The molecule has 0 saturated carbocycles. The fourth-order valence-electron chi connectivity index (χ4n) is 3.19. The molecule has 2 aromatic carbocycles. The number of carbonyl (C=O) groups is 3. The molecule has 0 bridgehead atoms. The lowest BCUT2D eigenvalue weighted by Gasteiger charge is -2.15. The third kappa shape index (κ3) is 2.99. The van der Waals surface area contributed by atoms with Gasteiger partial charge in [-0.2, -0.15) is 0 Å². The Labute approximate surface area is 155 Å². The first-order valence-electron chi connectivity index (χ1n) is 8.74. The molecule has 1 aliphatic rings. The highest BCUT2D eigenvalue weighted by Gasteiger charge is 2.35. The maximum absolute atomic E-state index is 12.5. The summed E-state index contributed by atoms with van der Waals surface area (Å²) in [6.45, 7) is 4.26. The van der Waals surface area contributed by atoms with Crippen molar-refractivity contribution in [2.75, 3.05) is 11.9 Å². The molecule has 0 radical (unpaired) electrons. The van der Waals surface area contributed by atoms with Crippen molar-refractivity contribution in [3.8, 4) is 0 Å². The lowest BCUT2D eigenvalue weighted by atomic mass is 10.1. The van der Waals surface area contributed by atoms with E-state index in [0.717, 1.165) is 5.39 Å². The Hall–Kier alpha value is -3.41. The van der Waals surface area contributed by atoms with Crippen LogP contribution in [0.3, 0.4) is 0 Å². The Morgan fingerprint density at radius 3 is 2.52 bits per heavy atom. The molecule has 1 N–H and O–H groups in total. The summed E-state index contributed by atoms with van der Waals surface area (Å²) in [5.74, 6) is -0.677. The number of carbonyl (C=O) groups excluding carboxylic acids is 3. The number of fused-ring (bicyclic) bond motifs is 2. The molecule has 2 heterocycles. The molecule has 0 fully saturated rings. The first-order valence-corrected chi connectivity index (χ1v) is 8.74. The Morgan fingerprint density at radius 1 is 1.04 bits per heavy atom. The average molecular weight is 362 g/mol. The largest absolute Gasteiger partial charge is 0.451 e. The first kappa shape index (κ1) is 17.0. The lowest BCUT2D eigenvalue weighted by Crippen LogP contribution is -2.33. The van der Waals surface area contributed by atoms with Crippen molar-refractivity contribution in [3.05, 3.63) is 65.4 Å². The molecule has 3 aromatic rings. The highest BCUT2D eigenvalue weighted by Crippen LogP contribution is 2.27. The fourth-order valence-corrected chi connectivity index (χ4v) is 3.19. The molecule has 136 valence electrons. The molecule has 0 unspecified atom stereocenters. The van der Waals surface area contributed by atoms with Gasteiger partial charge in [-0.3, -0.25) is 19.3 Å². The minimum atomic E-state index is -0.415. The normalized spacial score (nSPS) is 13.5. The van der Waals surface area contributed by atoms with Crippen LogP contribution in [0, 0.1) is 5.92 Å². The zero-order chi connectivity index (χ0) is 19.1. The Balaban J connectivity index is 1.58. The summed E-state index contributed by atoms with van der Waals surface area (Å²) in [6, 6.07) is 13.7. The fraction of sp³-hybridized carbons (Fsp3) is 0.190. The molecule has 4 rings (SSSR count). The van der Waals surface area contributed by atoms with Crippen molar-refractivity contribution in [3.63, 3.8) is 0 Å². The van der Waals surface area contributed by atoms with Crippen molar-refractivity contribution < 1.29 is 18.8 Å². The van der Waals surface area contributed by atoms with Crippen molar-refractivity contribution >= 4 is 34.4 Å². The number of furan rings is 1. The molecule has 1 aromatic heterocycles. The maximum Gasteiger partial charge on any atom is 0.291 e. The van der Waals surface area contributed by atoms with Crippen LogP contribution in [-0.4, -0.2) is 29.2 Å². The number of nitrogens with one attached hydrogen (secondary N) is 1. The van der Waals surface area contributed by atoms with Crippen LogP contribution >= 0.6 is 0 Å². The lowest BCUT2D eigenvalue weighted by molar-refractivity contribution is 0.0636. The van der Waals surface area contributed by atoms with Crippen molar-refractivity contribution in [1.29, 1.82) is 0 Å². The quantitative estimate of drug-likeness (QED) is 0.713. The predicted octanol–water partition coefficient (Wildman–Crippen LogP) is 3.94. The monoisotopic (exact) mass is 362 g/mol. The van der Waals surface area contributed by atoms with E-state index in [1.165, 1.54) is 11.0 Å². The van der Waals surface area contributed by atoms with E-state index in [1.807, 2.05) is 32.0 Å². The van der Waals surface area contributed by atoms with Crippen LogP contribution in [0.5, 0.6) is 0 Å². The van der Waals surface area contributed by atoms with Crippen LogP contribution in [0.4, 0.5) is 5.69 Å². The van der Waals surface area contributed by atoms with Crippen LogP contribution in [0.2, 0.25) is 0 Å². The van der Waals surface area contributed by atoms with Crippen LogP contribution < -0.4 is 5.32 Å². The molecular formula is C21H18N2O4. The van der Waals surface area contributed by atoms with E-state index >= 15 is 0 Å². The Bertz CT molecular complexity index is 1050. The van der Waals surface area contributed by atoms with Crippen molar-refractivity contribution in [2.24, 2.45) is 5.92 Å². The number of anilines is 1. The summed E-state index contributed by atoms with van der Waals surface area (Å²) < 4.78 is 5.55. The maximum atomic E-state index is 12.5. The second-order valence-corrected chi connectivity index (χ2v) is 6.98. The molecular weight excluding hydrogens is 344 g/mol. The zero-order valence-corrected chi connectivity index (χ0v) is 15.0. The molecule has 3 amide bonds. The number of nitrogens with zero attached hydrogens (tertiary/aromatic N) is 1. The molecule has 27 heavy (non-hydrogen) atoms. The second-order valence-electron chi connectivity index (χ2n) is 6.98. The van der Waals surface area contributed by atoms with Crippen LogP contribution in [0.1, 0.15) is 45.1 Å². The van der Waals surface area contributed by atoms with E-state index in [1.54, 1.807) is 24.3 Å². The summed E-state index contributed by atoms with van der Waals surface area (Å²) in [5.41, 5.74) is 1.74. The van der Waals surface area contributed by atoms with E-state index in [2.05, 4.69) is 5.32 Å².